The van der Waals surface area contributed by atoms with Crippen LogP contribution in [-0.2, 0) is 6.42 Å². The third kappa shape index (κ3) is 2.68. The van der Waals surface area contributed by atoms with Gasteiger partial charge in [0.2, 0.25) is 0 Å². The predicted molar refractivity (Wildman–Crippen MR) is 86.2 cm³/mol. The van der Waals surface area contributed by atoms with Crippen LogP contribution in [0, 0.1) is 0 Å². The number of ether oxygens (including phenoxy) is 1. The van der Waals surface area contributed by atoms with Crippen molar-refractivity contribution in [3.63, 3.8) is 0 Å². The van der Waals surface area contributed by atoms with Gasteiger partial charge in [0, 0.05) is 5.92 Å². The van der Waals surface area contributed by atoms with Gasteiger partial charge in [0.05, 0.1) is 16.8 Å². The number of aryl methyl sites for hydroxylation is 1. The zero-order valence-electron chi connectivity index (χ0n) is 11.3. The number of hydrogen-bond acceptors (Lipinski definition) is 2. The standard InChI is InChI=1S/C17H18BrNO/c18-15-9-4-10-16(19)17(15)20-11-13-7-3-6-12-5-1-2-8-14(12)13/h1-2,4-5,8-10,13H,3,6-7,11,19H2. The zero-order valence-corrected chi connectivity index (χ0v) is 12.9. The zero-order chi connectivity index (χ0) is 13.9. The van der Waals surface area contributed by atoms with E-state index < -0.39 is 0 Å². The summed E-state index contributed by atoms with van der Waals surface area (Å²) in [6, 6.07) is 14.4. The number of halogens is 1. The Morgan fingerprint density at radius 2 is 2.00 bits per heavy atom. The van der Waals surface area contributed by atoms with E-state index in [1.54, 1.807) is 0 Å². The summed E-state index contributed by atoms with van der Waals surface area (Å²) in [5, 5.41) is 0. The fourth-order valence-electron chi connectivity index (χ4n) is 2.89. The Morgan fingerprint density at radius 1 is 1.15 bits per heavy atom. The van der Waals surface area contributed by atoms with Crippen molar-refractivity contribution in [3.05, 3.63) is 58.1 Å². The summed E-state index contributed by atoms with van der Waals surface area (Å²) < 4.78 is 6.91. The molecule has 2 aromatic rings. The Labute approximate surface area is 128 Å². The third-order valence-corrected chi connectivity index (χ3v) is 4.54. The average Bonchev–Trinajstić information content (AvgIpc) is 2.47. The molecular weight excluding hydrogens is 314 g/mol. The summed E-state index contributed by atoms with van der Waals surface area (Å²) >= 11 is 3.50. The van der Waals surface area contributed by atoms with Gasteiger partial charge in [-0.1, -0.05) is 30.3 Å². The summed E-state index contributed by atoms with van der Waals surface area (Å²) in [5.74, 6) is 1.22. The van der Waals surface area contributed by atoms with Crippen LogP contribution in [0.15, 0.2) is 46.9 Å². The van der Waals surface area contributed by atoms with Crippen LogP contribution in [0.5, 0.6) is 5.75 Å². The lowest BCUT2D eigenvalue weighted by molar-refractivity contribution is 0.274. The van der Waals surface area contributed by atoms with E-state index in [0.717, 1.165) is 10.2 Å². The fourth-order valence-corrected chi connectivity index (χ4v) is 3.39. The van der Waals surface area contributed by atoms with E-state index in [-0.39, 0.29) is 0 Å². The summed E-state index contributed by atoms with van der Waals surface area (Å²) in [5.41, 5.74) is 9.56. The van der Waals surface area contributed by atoms with Crippen molar-refractivity contribution in [1.29, 1.82) is 0 Å². The maximum atomic E-state index is 5.99. The lowest BCUT2D eigenvalue weighted by Crippen LogP contribution is -2.17. The molecule has 20 heavy (non-hydrogen) atoms. The second-order valence-corrected chi connectivity index (χ2v) is 6.11. The number of para-hydroxylation sites is 1. The van der Waals surface area contributed by atoms with Crippen LogP contribution >= 0.6 is 15.9 Å². The first-order valence-corrected chi connectivity index (χ1v) is 7.79. The van der Waals surface area contributed by atoms with Gasteiger partial charge in [-0.25, -0.2) is 0 Å². The van der Waals surface area contributed by atoms with E-state index in [2.05, 4.69) is 40.2 Å². The van der Waals surface area contributed by atoms with Gasteiger partial charge < -0.3 is 10.5 Å². The van der Waals surface area contributed by atoms with E-state index in [9.17, 15) is 0 Å². The third-order valence-electron chi connectivity index (χ3n) is 3.92. The van der Waals surface area contributed by atoms with Crippen LogP contribution in [0.1, 0.15) is 29.9 Å². The van der Waals surface area contributed by atoms with Crippen molar-refractivity contribution < 1.29 is 4.74 Å². The van der Waals surface area contributed by atoms with E-state index in [1.807, 2.05) is 18.2 Å². The number of hydrogen-bond donors (Lipinski definition) is 1. The SMILES string of the molecule is Nc1cccc(Br)c1OCC1CCCc2ccccc21. The van der Waals surface area contributed by atoms with E-state index >= 15 is 0 Å². The number of anilines is 1. The molecule has 1 aliphatic rings. The Bertz CT molecular complexity index is 591. The molecule has 0 bridgehead atoms. The van der Waals surface area contributed by atoms with Crippen molar-refractivity contribution >= 4 is 21.6 Å². The van der Waals surface area contributed by atoms with Crippen LogP contribution in [0.3, 0.4) is 0 Å². The Balaban J connectivity index is 1.77. The quantitative estimate of drug-likeness (QED) is 0.838. The normalized spacial score (nSPS) is 17.6. The molecule has 0 heterocycles. The summed E-state index contributed by atoms with van der Waals surface area (Å²) in [4.78, 5) is 0. The van der Waals surface area contributed by atoms with Crippen LogP contribution in [0.2, 0.25) is 0 Å². The first kappa shape index (κ1) is 13.5. The number of nitrogen functional groups attached to an aromatic ring is 1. The number of fused-ring (bicyclic) bond motifs is 1. The Morgan fingerprint density at radius 3 is 2.85 bits per heavy atom. The van der Waals surface area contributed by atoms with E-state index in [0.29, 0.717) is 18.2 Å². The molecule has 1 atom stereocenters. The second kappa shape index (κ2) is 5.88. The summed E-state index contributed by atoms with van der Waals surface area (Å²) in [6.45, 7) is 0.684. The molecule has 0 radical (unpaired) electrons. The van der Waals surface area contributed by atoms with Crippen molar-refractivity contribution in [2.75, 3.05) is 12.3 Å². The molecule has 3 rings (SSSR count). The monoisotopic (exact) mass is 331 g/mol. The lowest BCUT2D eigenvalue weighted by Gasteiger charge is -2.26. The Kier molecular flexibility index (Phi) is 3.97. The van der Waals surface area contributed by atoms with Crippen molar-refractivity contribution in [3.8, 4) is 5.75 Å². The highest BCUT2D eigenvalue weighted by Crippen LogP contribution is 2.35. The first-order valence-electron chi connectivity index (χ1n) is 7.00. The molecule has 0 fully saturated rings. The average molecular weight is 332 g/mol. The fraction of sp³-hybridized carbons (Fsp3) is 0.294. The molecule has 1 unspecified atom stereocenters. The first-order chi connectivity index (χ1) is 9.75. The minimum absolute atomic E-state index is 0.464. The lowest BCUT2D eigenvalue weighted by atomic mass is 9.83. The molecule has 0 aromatic heterocycles. The molecule has 104 valence electrons. The van der Waals surface area contributed by atoms with Crippen LogP contribution in [0.4, 0.5) is 5.69 Å². The number of benzene rings is 2. The highest BCUT2D eigenvalue weighted by atomic mass is 79.9. The predicted octanol–water partition coefficient (Wildman–Crippen LogP) is 4.53. The molecule has 3 heteroatoms. The van der Waals surface area contributed by atoms with Crippen molar-refractivity contribution in [2.24, 2.45) is 0 Å². The minimum Gasteiger partial charge on any atom is -0.490 e. The van der Waals surface area contributed by atoms with Gasteiger partial charge in [0.25, 0.3) is 0 Å². The molecule has 0 aliphatic heterocycles. The van der Waals surface area contributed by atoms with Gasteiger partial charge in [-0.05, 0) is 58.5 Å². The van der Waals surface area contributed by atoms with E-state index in [4.69, 9.17) is 10.5 Å². The van der Waals surface area contributed by atoms with Crippen LogP contribution < -0.4 is 10.5 Å². The largest absolute Gasteiger partial charge is 0.490 e. The Hall–Kier alpha value is -1.48. The minimum atomic E-state index is 0.464. The maximum Gasteiger partial charge on any atom is 0.156 e. The molecule has 2 N–H and O–H groups in total. The van der Waals surface area contributed by atoms with Gasteiger partial charge >= 0.3 is 0 Å². The highest BCUT2D eigenvalue weighted by molar-refractivity contribution is 9.10. The molecular formula is C17H18BrNO. The topological polar surface area (TPSA) is 35.2 Å². The van der Waals surface area contributed by atoms with Crippen LogP contribution in [0.25, 0.3) is 0 Å². The molecule has 0 saturated heterocycles. The molecule has 0 amide bonds. The van der Waals surface area contributed by atoms with Gasteiger partial charge in [0.15, 0.2) is 5.75 Å². The molecule has 0 spiro atoms. The number of nitrogens with two attached hydrogens (primary N) is 1. The van der Waals surface area contributed by atoms with Crippen molar-refractivity contribution in [1.82, 2.24) is 0 Å². The highest BCUT2D eigenvalue weighted by Gasteiger charge is 2.20. The molecule has 0 saturated carbocycles. The molecule has 2 nitrogen and oxygen atoms in total. The van der Waals surface area contributed by atoms with Crippen molar-refractivity contribution in [2.45, 2.75) is 25.2 Å². The van der Waals surface area contributed by atoms with Gasteiger partial charge in [0.1, 0.15) is 0 Å². The van der Waals surface area contributed by atoms with E-state index in [1.165, 1.54) is 30.4 Å². The molecule has 1 aliphatic carbocycles. The smallest absolute Gasteiger partial charge is 0.156 e. The van der Waals surface area contributed by atoms with Gasteiger partial charge in [-0.3, -0.25) is 0 Å². The summed E-state index contributed by atoms with van der Waals surface area (Å²) in [6.07, 6.45) is 3.60. The second-order valence-electron chi connectivity index (χ2n) is 5.26. The molecule has 2 aromatic carbocycles. The maximum absolute atomic E-state index is 5.99. The van der Waals surface area contributed by atoms with Gasteiger partial charge in [-0.2, -0.15) is 0 Å². The van der Waals surface area contributed by atoms with Gasteiger partial charge in [-0.15, -0.1) is 0 Å². The number of rotatable bonds is 3. The van der Waals surface area contributed by atoms with Crippen LogP contribution in [-0.4, -0.2) is 6.61 Å². The summed E-state index contributed by atoms with van der Waals surface area (Å²) in [7, 11) is 0.